The van der Waals surface area contributed by atoms with E-state index in [1.807, 2.05) is 0 Å². The van der Waals surface area contributed by atoms with Crippen LogP contribution in [0, 0.1) is 0 Å². The average molecular weight is 258 g/mol. The maximum Gasteiger partial charge on any atom is 0.416 e. The zero-order chi connectivity index (χ0) is 13.3. The van der Waals surface area contributed by atoms with Crippen molar-refractivity contribution in [3.8, 4) is 5.69 Å². The number of halogens is 3. The molecule has 0 saturated heterocycles. The van der Waals surface area contributed by atoms with Gasteiger partial charge in [0.15, 0.2) is 0 Å². The van der Waals surface area contributed by atoms with Crippen molar-refractivity contribution in [1.29, 1.82) is 0 Å². The normalized spacial score (nSPS) is 11.5. The monoisotopic (exact) mass is 258 g/mol. The Morgan fingerprint density at radius 1 is 1.28 bits per heavy atom. The summed E-state index contributed by atoms with van der Waals surface area (Å²) in [6.45, 7) is 0. The molecule has 0 aliphatic carbocycles. The molecule has 0 amide bonds. The first kappa shape index (κ1) is 12.0. The van der Waals surface area contributed by atoms with Crippen molar-refractivity contribution in [3.63, 3.8) is 0 Å². The van der Waals surface area contributed by atoms with E-state index < -0.39 is 23.3 Å². The van der Waals surface area contributed by atoms with Crippen molar-refractivity contribution < 1.29 is 23.1 Å². The van der Waals surface area contributed by atoms with Gasteiger partial charge in [-0.15, -0.1) is 5.10 Å². The van der Waals surface area contributed by atoms with Gasteiger partial charge in [0.2, 0.25) is 0 Å². The van der Waals surface area contributed by atoms with Gasteiger partial charge in [-0.3, -0.25) is 0 Å². The molecule has 0 spiro atoms. The van der Waals surface area contributed by atoms with Gasteiger partial charge < -0.3 is 5.11 Å². The summed E-state index contributed by atoms with van der Waals surface area (Å²) in [6.07, 6.45) is -3.57. The maximum absolute atomic E-state index is 12.6. The number of aromatic carboxylic acids is 1. The molecular formula is C9H5F3N4O2. The number of hydrogen-bond donors (Lipinski definition) is 1. The van der Waals surface area contributed by atoms with E-state index in [9.17, 15) is 18.0 Å². The van der Waals surface area contributed by atoms with Gasteiger partial charge in [-0.05, 0) is 28.6 Å². The molecule has 18 heavy (non-hydrogen) atoms. The maximum atomic E-state index is 12.6. The summed E-state index contributed by atoms with van der Waals surface area (Å²) in [5.41, 5.74) is -1.64. The van der Waals surface area contributed by atoms with Gasteiger partial charge >= 0.3 is 12.1 Å². The first-order valence-corrected chi connectivity index (χ1v) is 4.57. The quantitative estimate of drug-likeness (QED) is 0.880. The van der Waals surface area contributed by atoms with Crippen LogP contribution in [-0.4, -0.2) is 31.3 Å². The highest BCUT2D eigenvalue weighted by atomic mass is 19.4. The first-order chi connectivity index (χ1) is 8.38. The SMILES string of the molecule is O=C(O)c1cc(-n2cnnn2)cc(C(F)(F)F)c1. The number of carbonyl (C=O) groups is 1. The predicted octanol–water partition coefficient (Wildman–Crippen LogP) is 1.38. The second-order valence-electron chi connectivity index (χ2n) is 3.33. The van der Waals surface area contributed by atoms with Gasteiger partial charge in [-0.2, -0.15) is 13.2 Å². The molecule has 1 aromatic heterocycles. The van der Waals surface area contributed by atoms with Crippen LogP contribution in [0.2, 0.25) is 0 Å². The van der Waals surface area contributed by atoms with Gasteiger partial charge in [0.25, 0.3) is 0 Å². The average Bonchev–Trinajstić information content (AvgIpc) is 2.80. The van der Waals surface area contributed by atoms with Crippen LogP contribution in [0.3, 0.4) is 0 Å². The third kappa shape index (κ3) is 2.29. The summed E-state index contributed by atoms with van der Waals surface area (Å²) in [6, 6.07) is 2.37. The summed E-state index contributed by atoms with van der Waals surface area (Å²) in [5.74, 6) is -1.46. The van der Waals surface area contributed by atoms with Crippen LogP contribution >= 0.6 is 0 Å². The lowest BCUT2D eigenvalue weighted by Crippen LogP contribution is -2.10. The second-order valence-corrected chi connectivity index (χ2v) is 3.33. The van der Waals surface area contributed by atoms with E-state index in [2.05, 4.69) is 15.5 Å². The molecule has 0 saturated carbocycles. The predicted molar refractivity (Wildman–Crippen MR) is 51.1 cm³/mol. The summed E-state index contributed by atoms with van der Waals surface area (Å²) in [5, 5.41) is 18.7. The van der Waals surface area contributed by atoms with Crippen molar-refractivity contribution in [2.45, 2.75) is 6.18 Å². The van der Waals surface area contributed by atoms with E-state index in [1.165, 1.54) is 0 Å². The molecule has 94 valence electrons. The Balaban J connectivity index is 2.61. The lowest BCUT2D eigenvalue weighted by molar-refractivity contribution is -0.137. The van der Waals surface area contributed by atoms with E-state index in [0.29, 0.717) is 6.07 Å². The number of benzene rings is 1. The molecule has 0 aliphatic heterocycles. The number of carboxylic acids is 1. The van der Waals surface area contributed by atoms with Crippen LogP contribution in [0.5, 0.6) is 0 Å². The summed E-state index contributed by atoms with van der Waals surface area (Å²) < 4.78 is 38.7. The molecule has 1 aromatic carbocycles. The highest BCUT2D eigenvalue weighted by Gasteiger charge is 2.32. The van der Waals surface area contributed by atoms with Gasteiger partial charge in [0, 0.05) is 0 Å². The van der Waals surface area contributed by atoms with Crippen molar-refractivity contribution in [2.24, 2.45) is 0 Å². The van der Waals surface area contributed by atoms with Gasteiger partial charge in [-0.1, -0.05) is 0 Å². The molecule has 0 aliphatic rings. The van der Waals surface area contributed by atoms with Crippen LogP contribution in [-0.2, 0) is 6.18 Å². The summed E-state index contributed by atoms with van der Waals surface area (Å²) >= 11 is 0. The molecule has 6 nitrogen and oxygen atoms in total. The number of tetrazole rings is 1. The van der Waals surface area contributed by atoms with Crippen LogP contribution in [0.15, 0.2) is 24.5 Å². The van der Waals surface area contributed by atoms with Gasteiger partial charge in [0.05, 0.1) is 16.8 Å². The third-order valence-electron chi connectivity index (χ3n) is 2.11. The van der Waals surface area contributed by atoms with Crippen molar-refractivity contribution in [3.05, 3.63) is 35.7 Å². The largest absolute Gasteiger partial charge is 0.478 e. The number of aromatic nitrogens is 4. The topological polar surface area (TPSA) is 80.9 Å². The van der Waals surface area contributed by atoms with Gasteiger partial charge in [0.1, 0.15) is 6.33 Å². The number of hydrogen-bond acceptors (Lipinski definition) is 4. The number of carboxylic acid groups (broad SMARTS) is 1. The first-order valence-electron chi connectivity index (χ1n) is 4.57. The molecule has 1 N–H and O–H groups in total. The van der Waals surface area contributed by atoms with Crippen molar-refractivity contribution in [1.82, 2.24) is 20.2 Å². The smallest absolute Gasteiger partial charge is 0.416 e. The minimum atomic E-state index is -4.64. The molecule has 0 bridgehead atoms. The second kappa shape index (κ2) is 4.09. The number of nitrogens with zero attached hydrogens (tertiary/aromatic N) is 4. The van der Waals surface area contributed by atoms with Gasteiger partial charge in [-0.25, -0.2) is 9.48 Å². The molecule has 9 heteroatoms. The third-order valence-corrected chi connectivity index (χ3v) is 2.11. The van der Waals surface area contributed by atoms with Crippen LogP contribution < -0.4 is 0 Å². The van der Waals surface area contributed by atoms with Crippen LogP contribution in [0.25, 0.3) is 5.69 Å². The number of alkyl halides is 3. The Morgan fingerprint density at radius 3 is 2.50 bits per heavy atom. The minimum Gasteiger partial charge on any atom is -0.478 e. The zero-order valence-corrected chi connectivity index (χ0v) is 8.59. The fraction of sp³-hybridized carbons (Fsp3) is 0.111. The van der Waals surface area contributed by atoms with Crippen molar-refractivity contribution in [2.75, 3.05) is 0 Å². The molecule has 0 unspecified atom stereocenters. The zero-order valence-electron chi connectivity index (χ0n) is 8.59. The molecule has 0 fully saturated rings. The van der Waals surface area contributed by atoms with E-state index in [4.69, 9.17) is 5.11 Å². The Kier molecular flexibility index (Phi) is 2.73. The molecule has 1 heterocycles. The Morgan fingerprint density at radius 2 is 2.00 bits per heavy atom. The van der Waals surface area contributed by atoms with E-state index in [1.54, 1.807) is 0 Å². The molecule has 0 radical (unpaired) electrons. The van der Waals surface area contributed by atoms with Crippen LogP contribution in [0.1, 0.15) is 15.9 Å². The molecule has 2 rings (SSSR count). The Bertz CT molecular complexity index is 580. The van der Waals surface area contributed by atoms with E-state index >= 15 is 0 Å². The Hall–Kier alpha value is -2.45. The van der Waals surface area contributed by atoms with E-state index in [-0.39, 0.29) is 5.69 Å². The number of rotatable bonds is 2. The minimum absolute atomic E-state index is 0.0766. The van der Waals surface area contributed by atoms with Crippen LogP contribution in [0.4, 0.5) is 13.2 Å². The van der Waals surface area contributed by atoms with Crippen molar-refractivity contribution >= 4 is 5.97 Å². The van der Waals surface area contributed by atoms with E-state index in [0.717, 1.165) is 23.1 Å². The highest BCUT2D eigenvalue weighted by molar-refractivity contribution is 5.88. The standard InChI is InChI=1S/C9H5F3N4O2/c10-9(11,12)6-1-5(8(17)18)2-7(3-6)16-4-13-14-15-16/h1-4H,(H,17,18). The fourth-order valence-corrected chi connectivity index (χ4v) is 1.31. The summed E-state index contributed by atoms with van der Waals surface area (Å²) in [7, 11) is 0. The fourth-order valence-electron chi connectivity index (χ4n) is 1.31. The molecule has 0 atom stereocenters. The lowest BCUT2D eigenvalue weighted by atomic mass is 10.1. The molecular weight excluding hydrogens is 253 g/mol. The molecule has 2 aromatic rings. The Labute approximate surface area is 97.7 Å². The lowest BCUT2D eigenvalue weighted by Gasteiger charge is -2.09. The highest BCUT2D eigenvalue weighted by Crippen LogP contribution is 2.31. The summed E-state index contributed by atoms with van der Waals surface area (Å²) in [4.78, 5) is 10.8.